The first kappa shape index (κ1) is 13.3. The molecule has 0 unspecified atom stereocenters. The Morgan fingerprint density at radius 2 is 1.80 bits per heavy atom. The third kappa shape index (κ3) is 3.22. The quantitative estimate of drug-likeness (QED) is 0.397. The second-order valence-corrected chi connectivity index (χ2v) is 3.70. The van der Waals surface area contributed by atoms with Gasteiger partial charge in [0, 0.05) is 6.07 Å². The van der Waals surface area contributed by atoms with Gasteiger partial charge in [-0.05, 0) is 24.3 Å². The van der Waals surface area contributed by atoms with E-state index >= 15 is 0 Å². The number of nitrogens with zero attached hydrogens (tertiary/aromatic N) is 1. The molecule has 1 N–H and O–H groups in total. The molecule has 0 aliphatic rings. The summed E-state index contributed by atoms with van der Waals surface area (Å²) < 4.78 is 5.00. The molecule has 0 spiro atoms. The van der Waals surface area contributed by atoms with Gasteiger partial charge in [0.2, 0.25) is 0 Å². The average Bonchev–Trinajstić information content (AvgIpc) is 2.38. The van der Waals surface area contributed by atoms with Crippen molar-refractivity contribution in [3.8, 4) is 17.2 Å². The highest BCUT2D eigenvalue weighted by Crippen LogP contribution is 2.22. The van der Waals surface area contributed by atoms with Crippen molar-refractivity contribution >= 4 is 5.97 Å². The lowest BCUT2D eigenvalue weighted by Crippen LogP contribution is -2.09. The van der Waals surface area contributed by atoms with Gasteiger partial charge in [0.25, 0.3) is 5.09 Å². The first-order valence-corrected chi connectivity index (χ1v) is 5.49. The first-order valence-electron chi connectivity index (χ1n) is 5.49. The number of esters is 1. The van der Waals surface area contributed by atoms with Crippen LogP contribution in [0.15, 0.2) is 48.5 Å². The van der Waals surface area contributed by atoms with Gasteiger partial charge in [-0.1, -0.05) is 18.2 Å². The summed E-state index contributed by atoms with van der Waals surface area (Å²) in [6.07, 6.45) is 0. The maximum Gasteiger partial charge on any atom is 0.347 e. The highest BCUT2D eigenvalue weighted by molar-refractivity contribution is 5.93. The number of benzene rings is 2. The highest BCUT2D eigenvalue weighted by atomic mass is 17.0. The molecule has 2 aromatic rings. The van der Waals surface area contributed by atoms with Crippen molar-refractivity contribution in [2.24, 2.45) is 0 Å². The molecule has 0 aliphatic carbocycles. The van der Waals surface area contributed by atoms with Gasteiger partial charge in [-0.3, -0.25) is 4.84 Å². The van der Waals surface area contributed by atoms with Crippen molar-refractivity contribution in [3.05, 3.63) is 64.2 Å². The van der Waals surface area contributed by atoms with E-state index in [1.807, 2.05) is 0 Å². The van der Waals surface area contributed by atoms with E-state index in [0.717, 1.165) is 0 Å². The number of phenolic OH excluding ortho intramolecular Hbond substituents is 1. The van der Waals surface area contributed by atoms with Gasteiger partial charge in [-0.15, -0.1) is 10.1 Å². The molecule has 2 rings (SSSR count). The highest BCUT2D eigenvalue weighted by Gasteiger charge is 2.13. The molecular weight excluding hydrogens is 266 g/mol. The molecule has 0 saturated heterocycles. The Bertz CT molecular complexity index is 655. The van der Waals surface area contributed by atoms with E-state index in [-0.39, 0.29) is 22.8 Å². The molecule has 20 heavy (non-hydrogen) atoms. The van der Waals surface area contributed by atoms with Gasteiger partial charge in [0.1, 0.15) is 22.8 Å². The van der Waals surface area contributed by atoms with Crippen LogP contribution in [0.3, 0.4) is 0 Å². The van der Waals surface area contributed by atoms with Crippen LogP contribution in [-0.4, -0.2) is 16.2 Å². The molecule has 0 atom stereocenters. The lowest BCUT2D eigenvalue weighted by Gasteiger charge is -2.06. The van der Waals surface area contributed by atoms with Crippen LogP contribution < -0.4 is 9.57 Å². The zero-order valence-corrected chi connectivity index (χ0v) is 10.1. The number of carbonyl (C=O) groups is 1. The molecule has 0 radical (unpaired) electrons. The molecule has 7 nitrogen and oxygen atoms in total. The Morgan fingerprint density at radius 1 is 1.10 bits per heavy atom. The van der Waals surface area contributed by atoms with E-state index in [2.05, 4.69) is 4.84 Å². The number of carbonyl (C=O) groups excluding carboxylic acids is 1. The van der Waals surface area contributed by atoms with E-state index in [1.54, 1.807) is 12.1 Å². The summed E-state index contributed by atoms with van der Waals surface area (Å²) >= 11 is 0. The molecule has 102 valence electrons. The fourth-order valence-electron chi connectivity index (χ4n) is 1.49. The maximum atomic E-state index is 11.8. The predicted octanol–water partition coefficient (Wildman–Crippen LogP) is 2.18. The fourth-order valence-corrected chi connectivity index (χ4v) is 1.49. The molecule has 7 heteroatoms. The lowest BCUT2D eigenvalue weighted by atomic mass is 10.2. The standard InChI is InChI=1S/C13H9NO6/c15-12-7-2-1-6-11(12)13(16)19-9-4-3-5-10(8-9)20-14(17)18/h1-8,15H. The smallest absolute Gasteiger partial charge is 0.347 e. The van der Waals surface area contributed by atoms with Crippen LogP contribution >= 0.6 is 0 Å². The van der Waals surface area contributed by atoms with Crippen LogP contribution in [0.2, 0.25) is 0 Å². The third-order valence-electron chi connectivity index (χ3n) is 2.32. The fraction of sp³-hybridized carbons (Fsp3) is 0. The minimum Gasteiger partial charge on any atom is -0.507 e. The zero-order chi connectivity index (χ0) is 14.5. The molecule has 0 aromatic heterocycles. The second-order valence-electron chi connectivity index (χ2n) is 3.70. The SMILES string of the molecule is O=C(Oc1cccc(O[N+](=O)[O-])c1)c1ccccc1O. The number of para-hydroxylation sites is 1. The van der Waals surface area contributed by atoms with Crippen LogP contribution in [0.5, 0.6) is 17.2 Å². The Morgan fingerprint density at radius 3 is 2.50 bits per heavy atom. The minimum atomic E-state index is -0.968. The average molecular weight is 275 g/mol. The van der Waals surface area contributed by atoms with Crippen molar-refractivity contribution in [2.45, 2.75) is 0 Å². The zero-order valence-electron chi connectivity index (χ0n) is 10.1. The van der Waals surface area contributed by atoms with Crippen LogP contribution in [0.25, 0.3) is 0 Å². The summed E-state index contributed by atoms with van der Waals surface area (Å²) in [6.45, 7) is 0. The molecular formula is C13H9NO6. The normalized spacial score (nSPS) is 9.80. The van der Waals surface area contributed by atoms with Gasteiger partial charge in [0.15, 0.2) is 0 Å². The van der Waals surface area contributed by atoms with Crippen LogP contribution in [-0.2, 0) is 0 Å². The summed E-state index contributed by atoms with van der Waals surface area (Å²) in [5.41, 5.74) is -0.00639. The van der Waals surface area contributed by atoms with Gasteiger partial charge in [-0.25, -0.2) is 4.79 Å². The summed E-state index contributed by atoms with van der Waals surface area (Å²) in [4.78, 5) is 26.3. The topological polar surface area (TPSA) is 98.9 Å². The number of aromatic hydroxyl groups is 1. The third-order valence-corrected chi connectivity index (χ3v) is 2.32. The number of hydrogen-bond donors (Lipinski definition) is 1. The van der Waals surface area contributed by atoms with Crippen LogP contribution in [0.1, 0.15) is 10.4 Å². The van der Waals surface area contributed by atoms with Crippen molar-refractivity contribution in [3.63, 3.8) is 0 Å². The largest absolute Gasteiger partial charge is 0.507 e. The van der Waals surface area contributed by atoms with E-state index in [9.17, 15) is 20.0 Å². The van der Waals surface area contributed by atoms with Gasteiger partial charge in [0.05, 0.1) is 0 Å². The number of rotatable bonds is 4. The Hall–Kier alpha value is -3.09. The minimum absolute atomic E-state index is 0.00639. The summed E-state index contributed by atoms with van der Waals surface area (Å²) in [7, 11) is 0. The first-order chi connectivity index (χ1) is 9.56. The van der Waals surface area contributed by atoms with Crippen LogP contribution in [0.4, 0.5) is 0 Å². The van der Waals surface area contributed by atoms with Crippen molar-refractivity contribution in [1.29, 1.82) is 0 Å². The van der Waals surface area contributed by atoms with Gasteiger partial charge < -0.3 is 9.84 Å². The Kier molecular flexibility index (Phi) is 3.80. The van der Waals surface area contributed by atoms with Crippen molar-refractivity contribution < 1.29 is 24.6 Å². The molecule has 0 aliphatic heterocycles. The number of phenols is 1. The number of hydrogen-bond acceptors (Lipinski definition) is 6. The molecule has 0 bridgehead atoms. The van der Waals surface area contributed by atoms with E-state index in [1.165, 1.54) is 36.4 Å². The number of ether oxygens (including phenoxy) is 1. The van der Waals surface area contributed by atoms with Gasteiger partial charge in [-0.2, -0.15) is 0 Å². The monoisotopic (exact) mass is 275 g/mol. The summed E-state index contributed by atoms with van der Waals surface area (Å²) in [5, 5.41) is 18.8. The van der Waals surface area contributed by atoms with Crippen molar-refractivity contribution in [2.75, 3.05) is 0 Å². The maximum absolute atomic E-state index is 11.8. The molecule has 2 aromatic carbocycles. The van der Waals surface area contributed by atoms with E-state index in [4.69, 9.17) is 4.74 Å². The van der Waals surface area contributed by atoms with Gasteiger partial charge >= 0.3 is 5.97 Å². The molecule has 0 fully saturated rings. The van der Waals surface area contributed by atoms with E-state index in [0.29, 0.717) is 0 Å². The van der Waals surface area contributed by atoms with Crippen molar-refractivity contribution in [1.82, 2.24) is 0 Å². The summed E-state index contributed by atoms with van der Waals surface area (Å²) in [6, 6.07) is 11.3. The molecule has 0 heterocycles. The molecule has 0 amide bonds. The second kappa shape index (κ2) is 5.70. The Balaban J connectivity index is 2.16. The van der Waals surface area contributed by atoms with Crippen LogP contribution in [0, 0.1) is 10.1 Å². The lowest BCUT2D eigenvalue weighted by molar-refractivity contribution is -0.711. The predicted molar refractivity (Wildman–Crippen MR) is 67.1 cm³/mol. The van der Waals surface area contributed by atoms with E-state index < -0.39 is 11.1 Å². The summed E-state index contributed by atoms with van der Waals surface area (Å²) in [5.74, 6) is -0.994. The molecule has 0 saturated carbocycles. The Labute approximate surface area is 113 Å².